The first-order valence-corrected chi connectivity index (χ1v) is 8.93. The van der Waals surface area contributed by atoms with Crippen LogP contribution in [0, 0.1) is 11.8 Å². The van der Waals surface area contributed by atoms with Gasteiger partial charge in [-0.25, -0.2) is 4.68 Å². The van der Waals surface area contributed by atoms with Crippen molar-refractivity contribution in [2.24, 2.45) is 5.73 Å². The number of aliphatic hydroxyl groups is 1. The number of rotatable bonds is 2. The molecule has 2 aromatic carbocycles. The quantitative estimate of drug-likeness (QED) is 0.675. The van der Waals surface area contributed by atoms with E-state index in [9.17, 15) is 9.90 Å². The second kappa shape index (κ2) is 6.55. The molecule has 0 radical (unpaired) electrons. The van der Waals surface area contributed by atoms with Gasteiger partial charge in [-0.05, 0) is 24.3 Å². The van der Waals surface area contributed by atoms with Gasteiger partial charge in [0, 0.05) is 31.0 Å². The molecule has 1 saturated heterocycles. The van der Waals surface area contributed by atoms with E-state index < -0.39 is 11.5 Å². The molecule has 28 heavy (non-hydrogen) atoms. The lowest BCUT2D eigenvalue weighted by atomic mass is 10.0. The van der Waals surface area contributed by atoms with Gasteiger partial charge in [-0.15, -0.1) is 0 Å². The normalized spacial score (nSPS) is 18.9. The van der Waals surface area contributed by atoms with Crippen LogP contribution in [-0.2, 0) is 0 Å². The van der Waals surface area contributed by atoms with Gasteiger partial charge >= 0.3 is 0 Å². The second-order valence-electron chi connectivity index (χ2n) is 6.92. The van der Waals surface area contributed by atoms with Crippen LogP contribution in [0.2, 0.25) is 0 Å². The zero-order chi connectivity index (χ0) is 19.9. The van der Waals surface area contributed by atoms with Gasteiger partial charge in [0.25, 0.3) is 5.91 Å². The molecule has 3 N–H and O–H groups in total. The maximum Gasteiger partial charge on any atom is 0.269 e. The first-order chi connectivity index (χ1) is 13.4. The highest BCUT2D eigenvalue weighted by Gasteiger charge is 2.36. The number of likely N-dealkylation sites (N-methyl/N-ethyl adjacent to an activating group) is 1. The summed E-state index contributed by atoms with van der Waals surface area (Å²) >= 11 is 0. The lowest BCUT2D eigenvalue weighted by Gasteiger charge is -2.19. The van der Waals surface area contributed by atoms with Crippen LogP contribution in [0.4, 0.5) is 0 Å². The summed E-state index contributed by atoms with van der Waals surface area (Å²) in [7, 11) is 1.89. The number of benzene rings is 2. The zero-order valence-electron chi connectivity index (χ0n) is 15.5. The van der Waals surface area contributed by atoms with Crippen LogP contribution in [0.25, 0.3) is 16.6 Å². The number of hydrogen-bond donors (Lipinski definition) is 2. The predicted molar refractivity (Wildman–Crippen MR) is 108 cm³/mol. The van der Waals surface area contributed by atoms with Crippen LogP contribution in [0.1, 0.15) is 22.5 Å². The highest BCUT2D eigenvalue weighted by Crippen LogP contribution is 2.29. The number of amides is 1. The van der Waals surface area contributed by atoms with Crippen molar-refractivity contribution in [3.63, 3.8) is 0 Å². The molecule has 1 aliphatic heterocycles. The Balaban J connectivity index is 1.76. The predicted octanol–water partition coefficient (Wildman–Crippen LogP) is 2.06. The molecule has 140 valence electrons. The number of carbonyl (C=O) groups is 1. The van der Waals surface area contributed by atoms with Gasteiger partial charge < -0.3 is 15.7 Å². The fraction of sp³-hybridized carbons (Fsp3) is 0.182. The van der Waals surface area contributed by atoms with Crippen molar-refractivity contribution in [1.82, 2.24) is 14.7 Å². The topological polar surface area (TPSA) is 84.4 Å². The molecule has 0 bridgehead atoms. The minimum Gasteiger partial charge on any atom is -0.375 e. The van der Waals surface area contributed by atoms with Gasteiger partial charge in [-0.2, -0.15) is 5.10 Å². The number of fused-ring (bicyclic) bond motifs is 1. The third kappa shape index (κ3) is 2.92. The highest BCUT2D eigenvalue weighted by molar-refractivity contribution is 6.04. The molecule has 0 unspecified atom stereocenters. The van der Waals surface area contributed by atoms with E-state index in [1.807, 2.05) is 60.5 Å². The Labute approximate surface area is 162 Å². The van der Waals surface area contributed by atoms with Crippen molar-refractivity contribution in [1.29, 1.82) is 0 Å². The summed E-state index contributed by atoms with van der Waals surface area (Å²) in [6.07, 6.45) is 0.529. The van der Waals surface area contributed by atoms with E-state index >= 15 is 0 Å². The first kappa shape index (κ1) is 17.8. The molecule has 2 heterocycles. The number of aromatic nitrogens is 2. The van der Waals surface area contributed by atoms with E-state index in [0.717, 1.165) is 23.3 Å². The number of primary amides is 1. The van der Waals surface area contributed by atoms with Crippen LogP contribution in [0.3, 0.4) is 0 Å². The third-order valence-electron chi connectivity index (χ3n) is 5.07. The van der Waals surface area contributed by atoms with Crippen LogP contribution < -0.4 is 5.73 Å². The molecule has 1 aliphatic rings. The Kier molecular flexibility index (Phi) is 4.17. The fourth-order valence-corrected chi connectivity index (χ4v) is 3.40. The van der Waals surface area contributed by atoms with Gasteiger partial charge in [0.15, 0.2) is 11.3 Å². The van der Waals surface area contributed by atoms with Crippen molar-refractivity contribution in [3.8, 4) is 17.5 Å². The van der Waals surface area contributed by atoms with Gasteiger partial charge in [-0.3, -0.25) is 4.79 Å². The number of nitrogens with two attached hydrogens (primary N) is 1. The molecule has 6 heteroatoms. The van der Waals surface area contributed by atoms with Crippen LogP contribution in [0.5, 0.6) is 0 Å². The molecular weight excluding hydrogens is 352 g/mol. The van der Waals surface area contributed by atoms with Crippen molar-refractivity contribution >= 4 is 16.8 Å². The van der Waals surface area contributed by atoms with Gasteiger partial charge in [0.2, 0.25) is 0 Å². The number of likely N-dealkylation sites (tertiary alicyclic amines) is 1. The monoisotopic (exact) mass is 372 g/mol. The Morgan fingerprint density at radius 2 is 2.07 bits per heavy atom. The summed E-state index contributed by atoms with van der Waals surface area (Å²) in [5.41, 5.74) is 7.38. The molecule has 0 aliphatic carbocycles. The Bertz CT molecular complexity index is 1170. The van der Waals surface area contributed by atoms with Crippen molar-refractivity contribution in [3.05, 3.63) is 72.1 Å². The number of para-hydroxylation sites is 1. The summed E-state index contributed by atoms with van der Waals surface area (Å²) < 4.78 is 1.68. The Morgan fingerprint density at radius 1 is 1.29 bits per heavy atom. The van der Waals surface area contributed by atoms with Crippen LogP contribution in [0.15, 0.2) is 60.8 Å². The molecular formula is C22H20N4O2. The summed E-state index contributed by atoms with van der Waals surface area (Å²) in [5, 5.41) is 15.8. The average Bonchev–Trinajstić information content (AvgIpc) is 3.21. The summed E-state index contributed by atoms with van der Waals surface area (Å²) in [5.74, 6) is 5.43. The van der Waals surface area contributed by atoms with E-state index in [1.54, 1.807) is 4.68 Å². The van der Waals surface area contributed by atoms with E-state index in [-0.39, 0.29) is 5.69 Å². The molecule has 1 atom stereocenters. The Morgan fingerprint density at radius 3 is 2.79 bits per heavy atom. The van der Waals surface area contributed by atoms with Crippen molar-refractivity contribution < 1.29 is 9.90 Å². The second-order valence-corrected chi connectivity index (χ2v) is 6.92. The summed E-state index contributed by atoms with van der Waals surface area (Å²) in [6.45, 7) is 4.66. The van der Waals surface area contributed by atoms with E-state index in [1.165, 1.54) is 0 Å². The van der Waals surface area contributed by atoms with Gasteiger partial charge in [0.05, 0.1) is 16.9 Å². The number of carbonyl (C=O) groups excluding carboxylic acids is 1. The molecule has 6 nitrogen and oxygen atoms in total. The maximum atomic E-state index is 11.8. The molecule has 1 amide bonds. The van der Waals surface area contributed by atoms with E-state index in [2.05, 4.69) is 23.5 Å². The molecule has 0 saturated carbocycles. The van der Waals surface area contributed by atoms with E-state index in [0.29, 0.717) is 17.5 Å². The first-order valence-electron chi connectivity index (χ1n) is 8.93. The summed E-state index contributed by atoms with van der Waals surface area (Å²) in [4.78, 5) is 13.7. The molecule has 4 rings (SSSR count). The summed E-state index contributed by atoms with van der Waals surface area (Å²) in [6, 6.07) is 14.9. The third-order valence-corrected chi connectivity index (χ3v) is 5.07. The zero-order valence-corrected chi connectivity index (χ0v) is 15.5. The highest BCUT2D eigenvalue weighted by atomic mass is 16.3. The number of nitrogens with zero attached hydrogens (tertiary/aromatic N) is 3. The molecule has 1 aromatic heterocycles. The maximum absolute atomic E-state index is 11.8. The minimum absolute atomic E-state index is 0.228. The smallest absolute Gasteiger partial charge is 0.269 e. The van der Waals surface area contributed by atoms with Gasteiger partial charge in [0.1, 0.15) is 0 Å². The Hall–Kier alpha value is -3.56. The van der Waals surface area contributed by atoms with Gasteiger partial charge in [-0.1, -0.05) is 42.7 Å². The standard InChI is InChI=1S/C22H20N4O2/c1-15-22(28,12-13-25(15)2)11-10-16-6-5-7-17(14-16)26-19-9-4-3-8-18(19)20(24-26)21(23)27/h3-9,14,28H,1,12-13H2,2H3,(H2,23,27)/t22-/m0/s1. The molecule has 0 spiro atoms. The van der Waals surface area contributed by atoms with Crippen molar-refractivity contribution in [2.75, 3.05) is 13.6 Å². The SMILES string of the molecule is C=C1N(C)CC[C@@]1(O)C#Cc1cccc(-n2nc(C(N)=O)c3ccccc32)c1. The molecule has 1 fully saturated rings. The number of hydrogen-bond acceptors (Lipinski definition) is 4. The lowest BCUT2D eigenvalue weighted by molar-refractivity contribution is 0.0996. The lowest BCUT2D eigenvalue weighted by Crippen LogP contribution is -2.26. The molecule has 3 aromatic rings. The minimum atomic E-state index is -1.21. The van der Waals surface area contributed by atoms with Crippen LogP contribution in [-0.4, -0.2) is 44.9 Å². The van der Waals surface area contributed by atoms with Crippen molar-refractivity contribution in [2.45, 2.75) is 12.0 Å². The van der Waals surface area contributed by atoms with E-state index in [4.69, 9.17) is 5.73 Å². The average molecular weight is 372 g/mol. The van der Waals surface area contributed by atoms with Crippen LogP contribution >= 0.6 is 0 Å². The fourth-order valence-electron chi connectivity index (χ4n) is 3.40. The largest absolute Gasteiger partial charge is 0.375 e.